The van der Waals surface area contributed by atoms with Gasteiger partial charge in [0.15, 0.2) is 0 Å². The lowest BCUT2D eigenvalue weighted by Crippen LogP contribution is -2.42. The molecule has 0 spiro atoms. The highest BCUT2D eigenvalue weighted by Crippen LogP contribution is 2.40. The summed E-state index contributed by atoms with van der Waals surface area (Å²) in [6.07, 6.45) is 8.26. The molecule has 3 atom stereocenters. The van der Waals surface area contributed by atoms with E-state index < -0.39 is 32.1 Å². The van der Waals surface area contributed by atoms with Crippen molar-refractivity contribution in [3.05, 3.63) is 38.1 Å². The number of halogens is 4. The third kappa shape index (κ3) is 9.93. The first-order chi connectivity index (χ1) is 21.7. The van der Waals surface area contributed by atoms with Crippen LogP contribution in [0.25, 0.3) is 0 Å². The Kier molecular flexibility index (Phi) is 14.3. The van der Waals surface area contributed by atoms with Crippen LogP contribution in [0.15, 0.2) is 37.8 Å². The number of sulfonamides is 2. The largest absolute Gasteiger partial charge is 0.480 e. The van der Waals surface area contributed by atoms with E-state index in [1.54, 1.807) is 16.4 Å². The van der Waals surface area contributed by atoms with Gasteiger partial charge in [-0.05, 0) is 97.1 Å². The average Bonchev–Trinajstić information content (AvgIpc) is 3.35. The fourth-order valence-corrected chi connectivity index (χ4v) is 13.5. The lowest BCUT2D eigenvalue weighted by atomic mass is 9.87. The first-order valence-corrected chi connectivity index (χ1v) is 21.9. The van der Waals surface area contributed by atoms with Crippen LogP contribution in [0, 0.1) is 11.8 Å². The van der Waals surface area contributed by atoms with Gasteiger partial charge in [0.05, 0.1) is 19.7 Å². The maximum absolute atomic E-state index is 13.2. The van der Waals surface area contributed by atoms with Crippen molar-refractivity contribution in [3.8, 4) is 0 Å². The number of rotatable bonds is 15. The number of unbranched alkanes of at least 4 members (excludes halogenated alkanes) is 1. The van der Waals surface area contributed by atoms with Gasteiger partial charge in [-0.2, -0.15) is 9.03 Å². The quantitative estimate of drug-likeness (QED) is 0.0755. The molecule has 4 rings (SSSR count). The first kappa shape index (κ1) is 38.6. The Labute approximate surface area is 308 Å². The molecule has 0 bridgehead atoms. The second-order valence-corrected chi connectivity index (χ2v) is 20.1. The van der Waals surface area contributed by atoms with Crippen LogP contribution in [0.5, 0.6) is 0 Å². The molecule has 2 aliphatic heterocycles. The molecule has 3 heterocycles. The molecular weight excluding hydrogens is 874 g/mol. The molecule has 1 aromatic heterocycles. The van der Waals surface area contributed by atoms with Crippen molar-refractivity contribution in [1.29, 1.82) is 0 Å². The maximum atomic E-state index is 13.2. The number of nitrogens with two attached hydrogens (primary N) is 1. The predicted molar refractivity (Wildman–Crippen MR) is 196 cm³/mol. The molecule has 2 aromatic rings. The number of piperidine rings is 2. The normalized spacial score (nSPS) is 21.0. The second-order valence-electron chi connectivity index (χ2n) is 11.9. The van der Waals surface area contributed by atoms with Crippen molar-refractivity contribution < 1.29 is 26.7 Å². The number of nitrogens with zero attached hydrogens (tertiary/aromatic N) is 2. The predicted octanol–water partition coefficient (Wildman–Crippen LogP) is 6.93. The van der Waals surface area contributed by atoms with E-state index in [0.29, 0.717) is 51.6 Å². The van der Waals surface area contributed by atoms with Crippen LogP contribution in [0.1, 0.15) is 64.2 Å². The molecule has 2 saturated heterocycles. The lowest BCUT2D eigenvalue weighted by Gasteiger charge is -2.36. The van der Waals surface area contributed by atoms with Crippen molar-refractivity contribution >= 4 is 105 Å². The van der Waals surface area contributed by atoms with Crippen molar-refractivity contribution in [3.63, 3.8) is 0 Å². The van der Waals surface area contributed by atoms with Crippen LogP contribution in [0.3, 0.4) is 0 Å². The number of nitrogens with one attached hydrogen (secondary N) is 1. The van der Waals surface area contributed by atoms with Gasteiger partial charge in [-0.3, -0.25) is 4.79 Å². The summed E-state index contributed by atoms with van der Waals surface area (Å²) >= 11 is 19.3. The zero-order valence-corrected chi connectivity index (χ0v) is 32.9. The van der Waals surface area contributed by atoms with Crippen LogP contribution < -0.4 is 15.4 Å². The Balaban J connectivity index is 1.22. The van der Waals surface area contributed by atoms with E-state index >= 15 is 0 Å². The minimum Gasteiger partial charge on any atom is -0.480 e. The van der Waals surface area contributed by atoms with Crippen LogP contribution in [0.4, 0.5) is 5.69 Å². The lowest BCUT2D eigenvalue weighted by molar-refractivity contribution is -0.139. The molecule has 1 aromatic carbocycles. The number of hydrogen-bond donors (Lipinski definition) is 3. The summed E-state index contributed by atoms with van der Waals surface area (Å²) in [4.78, 5) is 13.7. The van der Waals surface area contributed by atoms with E-state index in [-0.39, 0.29) is 19.6 Å². The minimum atomic E-state index is -4.07. The maximum Gasteiger partial charge on any atom is 0.321 e. The van der Waals surface area contributed by atoms with E-state index in [2.05, 4.69) is 48.1 Å². The van der Waals surface area contributed by atoms with E-state index in [9.17, 15) is 26.7 Å². The number of benzene rings is 1. The highest BCUT2D eigenvalue weighted by molar-refractivity contribution is 14.1. The molecule has 10 nitrogen and oxygen atoms in total. The monoisotopic (exact) mass is 912 g/mol. The molecule has 0 amide bonds. The van der Waals surface area contributed by atoms with Gasteiger partial charge in [-0.25, -0.2) is 16.8 Å². The summed E-state index contributed by atoms with van der Waals surface area (Å²) in [6.45, 7) is 2.55. The molecule has 0 radical (unpaired) electrons. The van der Waals surface area contributed by atoms with Crippen LogP contribution in [-0.2, 0) is 24.8 Å². The van der Waals surface area contributed by atoms with Crippen molar-refractivity contribution in [2.45, 2.75) is 83.4 Å². The fourth-order valence-electron chi connectivity index (χ4n) is 6.11. The summed E-state index contributed by atoms with van der Waals surface area (Å²) in [5, 5.41) is 9.78. The van der Waals surface area contributed by atoms with Crippen LogP contribution in [-0.4, -0.2) is 68.5 Å². The van der Waals surface area contributed by atoms with Crippen molar-refractivity contribution in [2.24, 2.45) is 17.6 Å². The Morgan fingerprint density at radius 2 is 1.74 bits per heavy atom. The summed E-state index contributed by atoms with van der Waals surface area (Å²) in [5.41, 5.74) is 6.24. The number of carboxylic acid groups (broad SMARTS) is 1. The summed E-state index contributed by atoms with van der Waals surface area (Å²) in [5.74, 6) is -0.151. The number of thiophene rings is 1. The van der Waals surface area contributed by atoms with E-state index in [4.69, 9.17) is 28.9 Å². The van der Waals surface area contributed by atoms with E-state index in [1.807, 2.05) is 0 Å². The highest BCUT2D eigenvalue weighted by Gasteiger charge is 2.37. The summed E-state index contributed by atoms with van der Waals surface area (Å²) in [6, 6.07) is 4.90. The zero-order chi connectivity index (χ0) is 33.6. The number of alkyl halides is 1. The van der Waals surface area contributed by atoms with E-state index in [1.165, 1.54) is 12.1 Å². The average molecular weight is 915 g/mol. The minimum absolute atomic E-state index is 0.0672. The number of carboxylic acids is 1. The van der Waals surface area contributed by atoms with Gasteiger partial charge in [0.25, 0.3) is 10.0 Å². The number of hydrogen-bond acceptors (Lipinski definition) is 8. The Hall–Kier alpha value is -0.240. The number of aliphatic carboxylic acids is 1. The first-order valence-electron chi connectivity index (χ1n) is 15.3. The molecule has 2 aliphatic rings. The molecule has 0 saturated carbocycles. The second kappa shape index (κ2) is 17.1. The SMILES string of the molecule is NCCCCC(NS(=O)(=O)c1ccc(N2CCC(CCCC3CCN(S(=O)(=O)c4cc(Br)c(Cl)s4)C(I)C3)CC2)c(Cl)c1)C(=O)O. The summed E-state index contributed by atoms with van der Waals surface area (Å²) < 4.78 is 57.3. The van der Waals surface area contributed by atoms with E-state index in [0.717, 1.165) is 75.1 Å². The molecule has 258 valence electrons. The molecule has 46 heavy (non-hydrogen) atoms. The molecule has 2 fully saturated rings. The van der Waals surface area contributed by atoms with Crippen LogP contribution >= 0.6 is 73.1 Å². The smallest absolute Gasteiger partial charge is 0.321 e. The molecule has 4 N–H and O–H groups in total. The third-order valence-corrected chi connectivity index (χ3v) is 16.9. The fraction of sp³-hybridized carbons (Fsp3) is 0.621. The Morgan fingerprint density at radius 3 is 2.33 bits per heavy atom. The molecule has 0 aliphatic carbocycles. The summed E-state index contributed by atoms with van der Waals surface area (Å²) in [7, 11) is -7.64. The Bertz CT molecular complexity index is 1550. The van der Waals surface area contributed by atoms with Gasteiger partial charge < -0.3 is 15.7 Å². The van der Waals surface area contributed by atoms with Crippen molar-refractivity contribution in [1.82, 2.24) is 9.03 Å². The van der Waals surface area contributed by atoms with Gasteiger partial charge in [0.2, 0.25) is 10.0 Å². The third-order valence-electron chi connectivity index (χ3n) is 8.74. The van der Waals surface area contributed by atoms with Gasteiger partial charge in [-0.1, -0.05) is 71.5 Å². The molecule has 3 unspecified atom stereocenters. The topological polar surface area (TPSA) is 150 Å². The van der Waals surface area contributed by atoms with Crippen LogP contribution in [0.2, 0.25) is 9.36 Å². The van der Waals surface area contributed by atoms with Crippen molar-refractivity contribution in [2.75, 3.05) is 31.1 Å². The highest BCUT2D eigenvalue weighted by atomic mass is 127. The van der Waals surface area contributed by atoms with Gasteiger partial charge in [0, 0.05) is 24.1 Å². The van der Waals surface area contributed by atoms with Gasteiger partial charge in [-0.15, -0.1) is 11.3 Å². The molecule has 17 heteroatoms. The number of carbonyl (C=O) groups is 1. The zero-order valence-electron chi connectivity index (χ0n) is 25.2. The van der Waals surface area contributed by atoms with Gasteiger partial charge >= 0.3 is 5.97 Å². The molecular formula is C29H40BrCl2IN4O6S3. The van der Waals surface area contributed by atoms with Gasteiger partial charge in [0.1, 0.15) is 14.6 Å². The standard InChI is InChI=1S/C29H40BrCl2IN4O6S3/c30-22-18-27(44-28(22)32)46(42,43)37-15-11-20(16-26(37)33)5-3-4-19-9-13-36(14-10-19)25-8-7-21(17-23(25)31)45(40,41)35-24(29(38)39)6-1-2-12-34/h7-8,17-20,24,26,35H,1-6,9-16,34H2,(H,38,39). The Morgan fingerprint density at radius 1 is 1.07 bits per heavy atom. The number of anilines is 1.